The van der Waals surface area contributed by atoms with Gasteiger partial charge in [-0.3, -0.25) is 4.79 Å². The van der Waals surface area contributed by atoms with Gasteiger partial charge in [0.2, 0.25) is 0 Å². The predicted molar refractivity (Wildman–Crippen MR) is 159 cm³/mol. The van der Waals surface area contributed by atoms with Crippen molar-refractivity contribution in [1.29, 1.82) is 0 Å². The van der Waals surface area contributed by atoms with Crippen LogP contribution in [0.5, 0.6) is 0 Å². The Morgan fingerprint density at radius 1 is 0.667 bits per heavy atom. The summed E-state index contributed by atoms with van der Waals surface area (Å²) >= 11 is 0. The molecule has 264 valence electrons. The van der Waals surface area contributed by atoms with Gasteiger partial charge < -0.3 is 59.1 Å². The Hall–Kier alpha value is -1.42. The monoisotopic (exact) mass is 649 g/mol. The van der Waals surface area contributed by atoms with Gasteiger partial charge in [-0.2, -0.15) is 0 Å². The molecule has 2 aliphatic rings. The van der Waals surface area contributed by atoms with Crippen LogP contribution in [0.1, 0.15) is 118 Å². The number of ether oxygens (including phenoxy) is 5. The van der Waals surface area contributed by atoms with Crippen molar-refractivity contribution in [2.45, 2.75) is 191 Å². The lowest BCUT2D eigenvalue weighted by Crippen LogP contribution is -2.63. The molecule has 0 radical (unpaired) electrons. The summed E-state index contributed by atoms with van der Waals surface area (Å²) in [5.74, 6) is -1.95. The Bertz CT molecular complexity index is 844. The maximum atomic E-state index is 13.1. The number of unbranched alkanes of at least 4 members (excludes halogenated alkanes) is 8. The molecule has 0 aromatic heterocycles. The standard InChI is InChI=1S/C32H58O13/c1-5-7-9-11-13-15-21(17-23(33)34)43-24(35)18-22(16-14-12-10-8-6-2)44-32-30(28(39)26(37)20(4)42-32)45-31-29(40)27(38)25(36)19(3)41-31/h19-22,25-32,36-40H,5-18H2,1-4H3,(H,33,34)/p-1/t19-,20-,21?,22?,25-,26-,27+,28+,29+,30+,31-,32-/m0/s1. The molecule has 2 fully saturated rings. The topological polar surface area (TPSA) is 204 Å². The highest BCUT2D eigenvalue weighted by Gasteiger charge is 2.50. The van der Waals surface area contributed by atoms with Crippen molar-refractivity contribution in [1.82, 2.24) is 0 Å². The fraction of sp³-hybridized carbons (Fsp3) is 0.938. The van der Waals surface area contributed by atoms with E-state index in [1.165, 1.54) is 13.8 Å². The summed E-state index contributed by atoms with van der Waals surface area (Å²) in [6.07, 6.45) is -5.51. The number of carbonyl (C=O) groups is 2. The largest absolute Gasteiger partial charge is 0.550 e. The lowest BCUT2D eigenvalue weighted by atomic mass is 9.97. The molecule has 2 aliphatic heterocycles. The van der Waals surface area contributed by atoms with Crippen LogP contribution in [0.25, 0.3) is 0 Å². The van der Waals surface area contributed by atoms with Crippen molar-refractivity contribution < 1.29 is 63.9 Å². The van der Waals surface area contributed by atoms with Gasteiger partial charge in [-0.25, -0.2) is 0 Å². The van der Waals surface area contributed by atoms with Crippen LogP contribution in [0.15, 0.2) is 0 Å². The number of hydrogen-bond donors (Lipinski definition) is 5. The first-order valence-electron chi connectivity index (χ1n) is 16.8. The Balaban J connectivity index is 2.16. The number of hydrogen-bond acceptors (Lipinski definition) is 13. The average molecular weight is 650 g/mol. The molecule has 12 atom stereocenters. The first kappa shape index (κ1) is 39.8. The molecular weight excluding hydrogens is 592 g/mol. The Morgan fingerprint density at radius 2 is 1.18 bits per heavy atom. The summed E-state index contributed by atoms with van der Waals surface area (Å²) in [5.41, 5.74) is 0. The van der Waals surface area contributed by atoms with Crippen molar-refractivity contribution in [3.8, 4) is 0 Å². The molecule has 2 saturated heterocycles. The molecule has 0 saturated carbocycles. The molecule has 0 amide bonds. The average Bonchev–Trinajstić information content (AvgIpc) is 2.98. The van der Waals surface area contributed by atoms with Crippen molar-refractivity contribution >= 4 is 11.9 Å². The molecule has 13 heteroatoms. The molecule has 2 rings (SSSR count). The minimum Gasteiger partial charge on any atom is -0.550 e. The molecule has 0 aromatic carbocycles. The highest BCUT2D eigenvalue weighted by molar-refractivity contribution is 5.71. The van der Waals surface area contributed by atoms with Crippen LogP contribution in [-0.4, -0.2) is 111 Å². The molecule has 5 N–H and O–H groups in total. The van der Waals surface area contributed by atoms with E-state index in [9.17, 15) is 40.2 Å². The fourth-order valence-electron chi connectivity index (χ4n) is 5.70. The van der Waals surface area contributed by atoms with E-state index in [2.05, 4.69) is 13.8 Å². The summed E-state index contributed by atoms with van der Waals surface area (Å²) in [7, 11) is 0. The molecule has 2 heterocycles. The molecule has 0 aromatic rings. The molecule has 2 unspecified atom stereocenters. The van der Waals surface area contributed by atoms with Gasteiger partial charge in [-0.1, -0.05) is 71.6 Å². The number of aliphatic hydroxyl groups excluding tert-OH is 5. The number of aliphatic carboxylic acids is 1. The molecule has 0 spiro atoms. The third-order valence-corrected chi connectivity index (χ3v) is 8.56. The zero-order chi connectivity index (χ0) is 33.5. The zero-order valence-corrected chi connectivity index (χ0v) is 27.3. The zero-order valence-electron chi connectivity index (χ0n) is 27.3. The van der Waals surface area contributed by atoms with Crippen LogP contribution < -0.4 is 5.11 Å². The number of esters is 1. The van der Waals surface area contributed by atoms with Crippen LogP contribution in [0.3, 0.4) is 0 Å². The highest BCUT2D eigenvalue weighted by atomic mass is 16.8. The molecule has 0 bridgehead atoms. The summed E-state index contributed by atoms with van der Waals surface area (Å²) < 4.78 is 29.0. The van der Waals surface area contributed by atoms with E-state index in [4.69, 9.17) is 23.7 Å². The lowest BCUT2D eigenvalue weighted by molar-refractivity contribution is -0.366. The van der Waals surface area contributed by atoms with Gasteiger partial charge in [0.1, 0.15) is 42.7 Å². The lowest BCUT2D eigenvalue weighted by Gasteiger charge is -2.46. The van der Waals surface area contributed by atoms with Crippen molar-refractivity contribution in [3.63, 3.8) is 0 Å². The molecule has 45 heavy (non-hydrogen) atoms. The van der Waals surface area contributed by atoms with E-state index in [0.29, 0.717) is 19.3 Å². The summed E-state index contributed by atoms with van der Waals surface area (Å²) in [6.45, 7) is 7.22. The van der Waals surface area contributed by atoms with E-state index in [1.807, 2.05) is 0 Å². The van der Waals surface area contributed by atoms with Gasteiger partial charge in [-0.15, -0.1) is 0 Å². The third kappa shape index (κ3) is 13.3. The van der Waals surface area contributed by atoms with Crippen molar-refractivity contribution in [2.24, 2.45) is 0 Å². The van der Waals surface area contributed by atoms with E-state index in [-0.39, 0.29) is 6.42 Å². The van der Waals surface area contributed by atoms with E-state index in [0.717, 1.165) is 57.8 Å². The predicted octanol–water partition coefficient (Wildman–Crippen LogP) is 1.21. The van der Waals surface area contributed by atoms with Gasteiger partial charge in [0, 0.05) is 12.4 Å². The first-order valence-corrected chi connectivity index (χ1v) is 16.8. The SMILES string of the molecule is CCCCCCCC(CC(=O)[O-])OC(=O)CC(CCCCCCC)O[C@@H]1O[C@@H](C)[C@H](O)[C@@H](O)[C@H]1O[C@@H]1O[C@@H](C)[C@H](O)[C@@H](O)[C@H]1O. The van der Waals surface area contributed by atoms with Gasteiger partial charge in [0.05, 0.1) is 24.7 Å². The number of carboxylic acid groups (broad SMARTS) is 1. The summed E-state index contributed by atoms with van der Waals surface area (Å²) in [4.78, 5) is 24.4. The smallest absolute Gasteiger partial charge is 0.308 e. The Labute approximate surface area is 267 Å². The first-order chi connectivity index (χ1) is 21.4. The number of rotatable bonds is 21. The molecule has 13 nitrogen and oxygen atoms in total. The van der Waals surface area contributed by atoms with Crippen molar-refractivity contribution in [2.75, 3.05) is 0 Å². The second-order valence-electron chi connectivity index (χ2n) is 12.5. The highest BCUT2D eigenvalue weighted by Crippen LogP contribution is 2.31. The quantitative estimate of drug-likeness (QED) is 0.0877. The Morgan fingerprint density at radius 3 is 1.73 bits per heavy atom. The number of carbonyl (C=O) groups excluding carboxylic acids is 2. The van der Waals surface area contributed by atoms with Gasteiger partial charge in [-0.05, 0) is 33.1 Å². The fourth-order valence-corrected chi connectivity index (χ4v) is 5.70. The van der Waals surface area contributed by atoms with Crippen LogP contribution in [-0.2, 0) is 33.3 Å². The maximum absolute atomic E-state index is 13.1. The molecule has 0 aliphatic carbocycles. The van der Waals surface area contributed by atoms with Crippen molar-refractivity contribution in [3.05, 3.63) is 0 Å². The van der Waals surface area contributed by atoms with E-state index >= 15 is 0 Å². The molecular formula is C32H57O13-. The summed E-state index contributed by atoms with van der Waals surface area (Å²) in [6, 6.07) is 0. The van der Waals surface area contributed by atoms with Gasteiger partial charge >= 0.3 is 5.97 Å². The van der Waals surface area contributed by atoms with E-state index in [1.54, 1.807) is 0 Å². The van der Waals surface area contributed by atoms with Crippen LogP contribution >= 0.6 is 0 Å². The van der Waals surface area contributed by atoms with Crippen LogP contribution in [0.2, 0.25) is 0 Å². The third-order valence-electron chi connectivity index (χ3n) is 8.56. The minimum absolute atomic E-state index is 0.225. The second-order valence-corrected chi connectivity index (χ2v) is 12.5. The van der Waals surface area contributed by atoms with Gasteiger partial charge in [0.25, 0.3) is 0 Å². The van der Waals surface area contributed by atoms with Gasteiger partial charge in [0.15, 0.2) is 12.6 Å². The minimum atomic E-state index is -1.67. The maximum Gasteiger partial charge on any atom is 0.308 e. The normalized spacial score (nSPS) is 33.4. The number of aliphatic hydroxyl groups is 5. The van der Waals surface area contributed by atoms with Crippen LogP contribution in [0.4, 0.5) is 0 Å². The van der Waals surface area contributed by atoms with Crippen LogP contribution in [0, 0.1) is 0 Å². The Kier molecular flexibility index (Phi) is 18.3. The number of carboxylic acids is 1. The van der Waals surface area contributed by atoms with E-state index < -0.39 is 92.0 Å². The summed E-state index contributed by atoms with van der Waals surface area (Å²) in [5, 5.41) is 63.6. The second kappa shape index (κ2) is 20.7.